The molecule has 1 fully saturated rings. The molecule has 0 aliphatic carbocycles. The Kier molecular flexibility index (Phi) is 6.74. The second-order valence-electron chi connectivity index (χ2n) is 7.21. The minimum absolute atomic E-state index is 0.0365. The van der Waals surface area contributed by atoms with Crippen molar-refractivity contribution < 1.29 is 17.6 Å². The van der Waals surface area contributed by atoms with E-state index in [2.05, 4.69) is 10.3 Å². The average Bonchev–Trinajstić information content (AvgIpc) is 3.31. The number of rotatable bonds is 7. The van der Waals surface area contributed by atoms with Crippen LogP contribution in [0.1, 0.15) is 35.4 Å². The lowest BCUT2D eigenvalue weighted by Crippen LogP contribution is -2.35. The molecule has 0 atom stereocenters. The van der Waals surface area contributed by atoms with Gasteiger partial charge in [0.1, 0.15) is 0 Å². The number of amides is 1. The van der Waals surface area contributed by atoms with E-state index in [-0.39, 0.29) is 10.9 Å². The average molecular weight is 458 g/mol. The summed E-state index contributed by atoms with van der Waals surface area (Å²) < 4.78 is 32.2. The summed E-state index contributed by atoms with van der Waals surface area (Å²) in [7, 11) is -3.70. The monoisotopic (exact) mass is 457 g/mol. The number of hydrogen-bond acceptors (Lipinski definition) is 6. The van der Waals surface area contributed by atoms with Gasteiger partial charge >= 0.3 is 0 Å². The molecule has 1 aliphatic rings. The smallest absolute Gasteiger partial charge is 0.291 e. The third kappa shape index (κ3) is 5.36. The largest absolute Gasteiger partial charge is 0.438 e. The Morgan fingerprint density at radius 1 is 1.06 bits per heavy atom. The summed E-state index contributed by atoms with van der Waals surface area (Å²) in [6.45, 7) is 0.964. The predicted octanol–water partition coefficient (Wildman–Crippen LogP) is 4.39. The highest BCUT2D eigenvalue weighted by Crippen LogP contribution is 2.25. The maximum atomic E-state index is 12.7. The van der Waals surface area contributed by atoms with Gasteiger partial charge in [-0.05, 0) is 60.9 Å². The van der Waals surface area contributed by atoms with Crippen LogP contribution in [-0.2, 0) is 15.8 Å². The molecule has 0 unspecified atom stereocenters. The van der Waals surface area contributed by atoms with Crippen molar-refractivity contribution in [1.82, 2.24) is 9.29 Å². The Hall–Kier alpha value is -2.62. The van der Waals surface area contributed by atoms with E-state index in [1.165, 1.54) is 16.4 Å². The van der Waals surface area contributed by atoms with Crippen LogP contribution < -0.4 is 5.32 Å². The van der Waals surface area contributed by atoms with Gasteiger partial charge < -0.3 is 9.73 Å². The number of carbonyl (C=O) groups excluding carboxylic acids is 1. The van der Waals surface area contributed by atoms with Crippen molar-refractivity contribution in [2.75, 3.05) is 18.4 Å². The van der Waals surface area contributed by atoms with Gasteiger partial charge in [-0.25, -0.2) is 8.42 Å². The second kappa shape index (κ2) is 9.67. The maximum absolute atomic E-state index is 12.7. The zero-order valence-electron chi connectivity index (χ0n) is 16.9. The third-order valence-electron chi connectivity index (χ3n) is 4.95. The molecule has 1 N–H and O–H groups in total. The number of nitrogens with one attached hydrogen (secondary N) is 1. The van der Waals surface area contributed by atoms with Crippen LogP contribution in [0, 0.1) is 0 Å². The molecule has 0 radical (unpaired) electrons. The first-order chi connectivity index (χ1) is 15.0. The number of pyridine rings is 1. The SMILES string of the molecule is O=C(Nc1ccc(SCc2cccnc2)cc1)c1ccc(S(=O)(=O)N2CCCCC2)o1. The van der Waals surface area contributed by atoms with Crippen molar-refractivity contribution in [3.63, 3.8) is 0 Å². The highest BCUT2D eigenvalue weighted by molar-refractivity contribution is 7.98. The fourth-order valence-corrected chi connectivity index (χ4v) is 5.55. The first-order valence-electron chi connectivity index (χ1n) is 10.1. The van der Waals surface area contributed by atoms with E-state index in [4.69, 9.17) is 4.42 Å². The molecule has 7 nitrogen and oxygen atoms in total. The Bertz CT molecular complexity index is 1120. The van der Waals surface area contributed by atoms with E-state index in [9.17, 15) is 13.2 Å². The molecule has 31 heavy (non-hydrogen) atoms. The molecule has 0 saturated carbocycles. The molecule has 0 bridgehead atoms. The first kappa shape index (κ1) is 21.6. The number of hydrogen-bond donors (Lipinski definition) is 1. The van der Waals surface area contributed by atoms with Crippen LogP contribution >= 0.6 is 11.8 Å². The molecule has 3 heterocycles. The van der Waals surface area contributed by atoms with Crippen LogP contribution in [0.2, 0.25) is 0 Å². The van der Waals surface area contributed by atoms with Gasteiger partial charge in [-0.1, -0.05) is 12.5 Å². The molecule has 0 spiro atoms. The van der Waals surface area contributed by atoms with Crippen LogP contribution in [-0.4, -0.2) is 36.7 Å². The number of piperidine rings is 1. The Morgan fingerprint density at radius 3 is 2.55 bits per heavy atom. The Balaban J connectivity index is 1.36. The molecule has 4 rings (SSSR count). The second-order valence-corrected chi connectivity index (χ2v) is 10.1. The van der Waals surface area contributed by atoms with E-state index in [1.807, 2.05) is 30.5 Å². The number of thioether (sulfide) groups is 1. The molecule has 9 heteroatoms. The zero-order chi connectivity index (χ0) is 21.7. The van der Waals surface area contributed by atoms with E-state index in [1.54, 1.807) is 30.1 Å². The summed E-state index contributed by atoms with van der Waals surface area (Å²) in [4.78, 5) is 17.7. The molecule has 1 amide bonds. The van der Waals surface area contributed by atoms with Gasteiger partial charge in [0, 0.05) is 41.8 Å². The molecule has 162 valence electrons. The van der Waals surface area contributed by atoms with Gasteiger partial charge in [0.25, 0.3) is 15.9 Å². The molecule has 1 aromatic carbocycles. The lowest BCUT2D eigenvalue weighted by Gasteiger charge is -2.24. The molecular weight excluding hydrogens is 434 g/mol. The number of benzene rings is 1. The van der Waals surface area contributed by atoms with E-state index in [0.717, 1.165) is 35.5 Å². The molecular formula is C22H23N3O4S2. The number of carbonyl (C=O) groups is 1. The van der Waals surface area contributed by atoms with Crippen molar-refractivity contribution in [2.45, 2.75) is 35.0 Å². The maximum Gasteiger partial charge on any atom is 0.291 e. The van der Waals surface area contributed by atoms with Crippen molar-refractivity contribution in [3.8, 4) is 0 Å². The standard InChI is InChI=1S/C22H23N3O4S2/c26-22(20-10-11-21(29-20)31(27,28)25-13-2-1-3-14-25)24-18-6-8-19(9-7-18)30-16-17-5-4-12-23-15-17/h4-12,15H,1-3,13-14,16H2,(H,24,26). The molecule has 3 aromatic rings. The summed E-state index contributed by atoms with van der Waals surface area (Å²) >= 11 is 1.67. The lowest BCUT2D eigenvalue weighted by atomic mass is 10.2. The van der Waals surface area contributed by atoms with Crippen LogP contribution in [0.4, 0.5) is 5.69 Å². The molecule has 1 aliphatic heterocycles. The summed E-state index contributed by atoms with van der Waals surface area (Å²) in [6, 6.07) is 14.1. The number of anilines is 1. The third-order valence-corrected chi connectivity index (χ3v) is 7.81. The minimum atomic E-state index is -3.70. The lowest BCUT2D eigenvalue weighted by molar-refractivity contribution is 0.0991. The fraction of sp³-hybridized carbons (Fsp3) is 0.273. The summed E-state index contributed by atoms with van der Waals surface area (Å²) in [5, 5.41) is 2.55. The van der Waals surface area contributed by atoms with Gasteiger partial charge in [0.2, 0.25) is 5.09 Å². The number of furan rings is 1. The minimum Gasteiger partial charge on any atom is -0.438 e. The van der Waals surface area contributed by atoms with Crippen molar-refractivity contribution in [3.05, 3.63) is 72.2 Å². The fourth-order valence-electron chi connectivity index (χ4n) is 3.29. The Labute approximate surface area is 185 Å². The van der Waals surface area contributed by atoms with Crippen LogP contribution in [0.3, 0.4) is 0 Å². The predicted molar refractivity (Wildman–Crippen MR) is 120 cm³/mol. The van der Waals surface area contributed by atoms with Gasteiger partial charge in [0.05, 0.1) is 0 Å². The molecule has 2 aromatic heterocycles. The van der Waals surface area contributed by atoms with Crippen molar-refractivity contribution in [2.24, 2.45) is 0 Å². The van der Waals surface area contributed by atoms with Gasteiger partial charge in [-0.3, -0.25) is 9.78 Å². The van der Waals surface area contributed by atoms with Crippen molar-refractivity contribution in [1.29, 1.82) is 0 Å². The van der Waals surface area contributed by atoms with Crippen molar-refractivity contribution >= 4 is 33.4 Å². The number of sulfonamides is 1. The number of aromatic nitrogens is 1. The summed E-state index contributed by atoms with van der Waals surface area (Å²) in [5.41, 5.74) is 1.74. The molecule has 1 saturated heterocycles. The van der Waals surface area contributed by atoms with Crippen LogP contribution in [0.15, 0.2) is 75.3 Å². The summed E-state index contributed by atoms with van der Waals surface area (Å²) in [6.07, 6.45) is 6.29. The van der Waals surface area contributed by atoms with Gasteiger partial charge in [-0.2, -0.15) is 4.31 Å². The highest BCUT2D eigenvalue weighted by Gasteiger charge is 2.29. The topological polar surface area (TPSA) is 92.5 Å². The number of nitrogens with zero attached hydrogens (tertiary/aromatic N) is 2. The quantitative estimate of drug-likeness (QED) is 0.529. The van der Waals surface area contributed by atoms with Crippen LogP contribution in [0.5, 0.6) is 0 Å². The first-order valence-corrected chi connectivity index (χ1v) is 12.5. The Morgan fingerprint density at radius 2 is 1.84 bits per heavy atom. The highest BCUT2D eigenvalue weighted by atomic mass is 32.2. The van der Waals surface area contributed by atoms with E-state index < -0.39 is 15.9 Å². The van der Waals surface area contributed by atoms with Gasteiger partial charge in [-0.15, -0.1) is 11.8 Å². The van der Waals surface area contributed by atoms with E-state index in [0.29, 0.717) is 18.8 Å². The van der Waals surface area contributed by atoms with E-state index >= 15 is 0 Å². The zero-order valence-corrected chi connectivity index (χ0v) is 18.5. The normalized spacial score (nSPS) is 15.0. The summed E-state index contributed by atoms with van der Waals surface area (Å²) in [5.74, 6) is 0.279. The van der Waals surface area contributed by atoms with Gasteiger partial charge in [0.15, 0.2) is 5.76 Å². The van der Waals surface area contributed by atoms with Crippen LogP contribution in [0.25, 0.3) is 0 Å².